The Labute approximate surface area is 139 Å². The van der Waals surface area contributed by atoms with E-state index in [2.05, 4.69) is 10.3 Å². The average Bonchev–Trinajstić information content (AvgIpc) is 2.50. The fourth-order valence-corrected chi connectivity index (χ4v) is 2.67. The number of benzene rings is 1. The summed E-state index contributed by atoms with van der Waals surface area (Å²) in [6.45, 7) is 1.85. The van der Waals surface area contributed by atoms with Crippen molar-refractivity contribution in [1.29, 1.82) is 0 Å². The van der Waals surface area contributed by atoms with E-state index >= 15 is 0 Å². The maximum atomic E-state index is 12.3. The van der Waals surface area contributed by atoms with E-state index in [1.807, 2.05) is 25.1 Å². The zero-order valence-electron chi connectivity index (χ0n) is 12.2. The van der Waals surface area contributed by atoms with Crippen molar-refractivity contribution in [3.05, 3.63) is 63.9 Å². The van der Waals surface area contributed by atoms with Gasteiger partial charge in [0.05, 0.1) is 11.6 Å². The van der Waals surface area contributed by atoms with E-state index < -0.39 is 0 Å². The first kappa shape index (κ1) is 16.7. The van der Waals surface area contributed by atoms with Gasteiger partial charge in [-0.1, -0.05) is 41.4 Å². The second kappa shape index (κ2) is 7.58. The number of nitrogens with zero attached hydrogens (tertiary/aromatic N) is 1. The molecule has 0 aliphatic heterocycles. The predicted octanol–water partition coefficient (Wildman–Crippen LogP) is 3.89. The molecule has 0 saturated carbocycles. The van der Waals surface area contributed by atoms with Gasteiger partial charge in [0.15, 0.2) is 0 Å². The number of methoxy groups -OCH3 is 1. The van der Waals surface area contributed by atoms with Crippen LogP contribution in [0.2, 0.25) is 10.2 Å². The Morgan fingerprint density at radius 2 is 1.95 bits per heavy atom. The summed E-state index contributed by atoms with van der Waals surface area (Å²) in [6, 6.07) is 10.4. The number of hydrogen-bond donors (Lipinski definition) is 1. The number of hydrogen-bond acceptors (Lipinski definition) is 3. The summed E-state index contributed by atoms with van der Waals surface area (Å²) in [5, 5.41) is 3.62. The van der Waals surface area contributed by atoms with E-state index in [-0.39, 0.29) is 23.2 Å². The Kier molecular flexibility index (Phi) is 5.77. The van der Waals surface area contributed by atoms with E-state index in [0.29, 0.717) is 10.6 Å². The minimum Gasteiger partial charge on any atom is -0.375 e. The highest BCUT2D eigenvalue weighted by Crippen LogP contribution is 2.27. The topological polar surface area (TPSA) is 51.2 Å². The van der Waals surface area contributed by atoms with Crippen molar-refractivity contribution in [2.45, 2.75) is 19.1 Å². The Bertz CT molecular complexity index is 664. The van der Waals surface area contributed by atoms with Crippen LogP contribution >= 0.6 is 23.2 Å². The van der Waals surface area contributed by atoms with Crippen LogP contribution < -0.4 is 5.32 Å². The molecule has 0 unspecified atom stereocenters. The second-order valence-corrected chi connectivity index (χ2v) is 5.55. The molecule has 1 aromatic carbocycles. The van der Waals surface area contributed by atoms with Crippen LogP contribution in [0.3, 0.4) is 0 Å². The summed E-state index contributed by atoms with van der Waals surface area (Å²) in [6.07, 6.45) is 1.16. The molecule has 0 aliphatic carbocycles. The second-order valence-electron chi connectivity index (χ2n) is 4.78. The Morgan fingerprint density at radius 1 is 1.23 bits per heavy atom. The van der Waals surface area contributed by atoms with Crippen molar-refractivity contribution in [3.8, 4) is 0 Å². The minimum absolute atomic E-state index is 0.166. The number of pyridine rings is 1. The molecule has 1 aromatic heterocycles. The molecule has 1 heterocycles. The third kappa shape index (κ3) is 3.77. The molecule has 6 heteroatoms. The number of amides is 1. The van der Waals surface area contributed by atoms with Crippen molar-refractivity contribution in [3.63, 3.8) is 0 Å². The molecule has 2 aromatic rings. The molecule has 4 nitrogen and oxygen atoms in total. The van der Waals surface area contributed by atoms with Crippen LogP contribution in [0.15, 0.2) is 42.6 Å². The third-order valence-corrected chi connectivity index (χ3v) is 3.93. The highest BCUT2D eigenvalue weighted by molar-refractivity contribution is 6.32. The number of halogens is 2. The van der Waals surface area contributed by atoms with E-state index in [0.717, 1.165) is 5.56 Å². The number of nitrogens with one attached hydrogen (secondary N) is 1. The number of aromatic nitrogens is 1. The summed E-state index contributed by atoms with van der Waals surface area (Å²) >= 11 is 12.1. The van der Waals surface area contributed by atoms with Crippen LogP contribution in [0.25, 0.3) is 0 Å². The molecule has 116 valence electrons. The van der Waals surface area contributed by atoms with Gasteiger partial charge in [0.1, 0.15) is 11.3 Å². The average molecular weight is 339 g/mol. The normalized spacial score (nSPS) is 13.5. The van der Waals surface area contributed by atoms with Crippen LogP contribution in [0.4, 0.5) is 0 Å². The lowest BCUT2D eigenvalue weighted by molar-refractivity contribution is 0.0645. The summed E-state index contributed by atoms with van der Waals surface area (Å²) in [5.74, 6) is -0.306. The summed E-state index contributed by atoms with van der Waals surface area (Å²) in [4.78, 5) is 16.2. The fourth-order valence-electron chi connectivity index (χ4n) is 2.22. The van der Waals surface area contributed by atoms with Crippen LogP contribution in [-0.4, -0.2) is 24.0 Å². The fraction of sp³-hybridized carbons (Fsp3) is 0.250. The first-order chi connectivity index (χ1) is 10.5. The van der Waals surface area contributed by atoms with Gasteiger partial charge in [-0.15, -0.1) is 0 Å². The standard InChI is InChI=1S/C16H16Cl2N2O2/c1-10(14(22-2)11-6-3-4-8-13(11)17)20-16(21)12-7-5-9-19-15(12)18/h3-10,14H,1-2H3,(H,20,21)/t10-,14-/m0/s1. The SMILES string of the molecule is CO[C@H](c1ccccc1Cl)[C@H](C)NC(=O)c1cccnc1Cl. The molecule has 0 fully saturated rings. The smallest absolute Gasteiger partial charge is 0.254 e. The molecule has 0 aliphatic rings. The lowest BCUT2D eigenvalue weighted by atomic mass is 10.0. The monoisotopic (exact) mass is 338 g/mol. The number of carbonyl (C=O) groups is 1. The van der Waals surface area contributed by atoms with Crippen molar-refractivity contribution in [1.82, 2.24) is 10.3 Å². The van der Waals surface area contributed by atoms with Gasteiger partial charge in [0.2, 0.25) is 0 Å². The Morgan fingerprint density at radius 3 is 2.59 bits per heavy atom. The van der Waals surface area contributed by atoms with Gasteiger partial charge in [0.25, 0.3) is 5.91 Å². The molecule has 0 saturated heterocycles. The maximum absolute atomic E-state index is 12.3. The minimum atomic E-state index is -0.368. The molecule has 2 atom stereocenters. The molecule has 1 N–H and O–H groups in total. The lowest BCUT2D eigenvalue weighted by Crippen LogP contribution is -2.38. The first-order valence-corrected chi connectivity index (χ1v) is 7.48. The Hall–Kier alpha value is -1.62. The van der Waals surface area contributed by atoms with Crippen molar-refractivity contribution in [2.24, 2.45) is 0 Å². The van der Waals surface area contributed by atoms with Gasteiger partial charge >= 0.3 is 0 Å². The van der Waals surface area contributed by atoms with Crippen molar-refractivity contribution < 1.29 is 9.53 Å². The lowest BCUT2D eigenvalue weighted by Gasteiger charge is -2.25. The number of ether oxygens (including phenoxy) is 1. The van der Waals surface area contributed by atoms with Crippen LogP contribution in [0.1, 0.15) is 28.9 Å². The molecular formula is C16H16Cl2N2O2. The molecule has 0 radical (unpaired) electrons. The summed E-state index contributed by atoms with van der Waals surface area (Å²) < 4.78 is 5.50. The van der Waals surface area contributed by atoms with Gasteiger partial charge in [0, 0.05) is 23.9 Å². The van der Waals surface area contributed by atoms with Crippen LogP contribution in [0, 0.1) is 0 Å². The highest BCUT2D eigenvalue weighted by atomic mass is 35.5. The van der Waals surface area contributed by atoms with Gasteiger partial charge in [-0.2, -0.15) is 0 Å². The summed E-state index contributed by atoms with van der Waals surface area (Å²) in [5.41, 5.74) is 1.14. The van der Waals surface area contributed by atoms with E-state index in [1.54, 1.807) is 25.3 Å². The van der Waals surface area contributed by atoms with E-state index in [1.165, 1.54) is 6.20 Å². The Balaban J connectivity index is 2.17. The van der Waals surface area contributed by atoms with E-state index in [4.69, 9.17) is 27.9 Å². The van der Waals surface area contributed by atoms with Gasteiger partial charge in [-0.05, 0) is 25.1 Å². The molecule has 22 heavy (non-hydrogen) atoms. The van der Waals surface area contributed by atoms with Crippen LogP contribution in [-0.2, 0) is 4.74 Å². The maximum Gasteiger partial charge on any atom is 0.254 e. The summed E-state index contributed by atoms with van der Waals surface area (Å²) in [7, 11) is 1.58. The van der Waals surface area contributed by atoms with Gasteiger partial charge in [-0.25, -0.2) is 4.98 Å². The molecule has 0 spiro atoms. The zero-order valence-corrected chi connectivity index (χ0v) is 13.7. The van der Waals surface area contributed by atoms with Crippen molar-refractivity contribution >= 4 is 29.1 Å². The molecule has 2 rings (SSSR count). The number of rotatable bonds is 5. The largest absolute Gasteiger partial charge is 0.375 e. The predicted molar refractivity (Wildman–Crippen MR) is 87.4 cm³/mol. The third-order valence-electron chi connectivity index (χ3n) is 3.28. The first-order valence-electron chi connectivity index (χ1n) is 6.73. The molecule has 0 bridgehead atoms. The molecular weight excluding hydrogens is 323 g/mol. The van der Waals surface area contributed by atoms with Crippen molar-refractivity contribution in [2.75, 3.05) is 7.11 Å². The van der Waals surface area contributed by atoms with E-state index in [9.17, 15) is 4.79 Å². The molecule has 1 amide bonds. The van der Waals surface area contributed by atoms with Crippen LogP contribution in [0.5, 0.6) is 0 Å². The number of carbonyl (C=O) groups excluding carboxylic acids is 1. The van der Waals surface area contributed by atoms with Gasteiger partial charge in [-0.3, -0.25) is 4.79 Å². The zero-order chi connectivity index (χ0) is 16.1. The quantitative estimate of drug-likeness (QED) is 0.841. The highest BCUT2D eigenvalue weighted by Gasteiger charge is 2.23. The van der Waals surface area contributed by atoms with Gasteiger partial charge < -0.3 is 10.1 Å².